The molecule has 1 unspecified atom stereocenters. The van der Waals surface area contributed by atoms with E-state index in [0.29, 0.717) is 42.2 Å². The molecule has 7 nitrogen and oxygen atoms in total. The van der Waals surface area contributed by atoms with Crippen LogP contribution in [0.3, 0.4) is 0 Å². The largest absolute Gasteiger partial charge is 0.451 e. The molecule has 8 heteroatoms. The number of hydrogen-bond acceptors (Lipinski definition) is 6. The minimum absolute atomic E-state index is 0.0901. The van der Waals surface area contributed by atoms with E-state index in [1.54, 1.807) is 35.4 Å². The van der Waals surface area contributed by atoms with Gasteiger partial charge in [-0.2, -0.15) is 0 Å². The Hall–Kier alpha value is -3.78. The number of amides is 2. The van der Waals surface area contributed by atoms with E-state index >= 15 is 0 Å². The van der Waals surface area contributed by atoms with Crippen molar-refractivity contribution in [3.63, 3.8) is 0 Å². The van der Waals surface area contributed by atoms with Crippen LogP contribution in [0.1, 0.15) is 69.0 Å². The van der Waals surface area contributed by atoms with E-state index < -0.39 is 6.04 Å². The molecule has 1 atom stereocenters. The van der Waals surface area contributed by atoms with E-state index in [1.807, 2.05) is 54.3 Å². The number of furan rings is 1. The van der Waals surface area contributed by atoms with Crippen molar-refractivity contribution in [2.75, 3.05) is 19.6 Å². The summed E-state index contributed by atoms with van der Waals surface area (Å²) in [6, 6.07) is 17.8. The molecule has 0 N–H and O–H groups in total. The summed E-state index contributed by atoms with van der Waals surface area (Å²) in [6.07, 6.45) is 1.54. The smallest absolute Gasteiger partial charge is 0.289 e. The van der Waals surface area contributed by atoms with Crippen molar-refractivity contribution >= 4 is 39.9 Å². The van der Waals surface area contributed by atoms with E-state index in [9.17, 15) is 14.4 Å². The van der Waals surface area contributed by atoms with Crippen molar-refractivity contribution in [3.8, 4) is 0 Å². The van der Waals surface area contributed by atoms with E-state index in [-0.39, 0.29) is 23.5 Å². The lowest BCUT2D eigenvalue weighted by Crippen LogP contribution is -2.43. The first-order valence-corrected chi connectivity index (χ1v) is 13.5. The van der Waals surface area contributed by atoms with Crippen LogP contribution in [-0.2, 0) is 0 Å². The van der Waals surface area contributed by atoms with Crippen molar-refractivity contribution in [3.05, 3.63) is 88.1 Å². The summed E-state index contributed by atoms with van der Waals surface area (Å²) in [5.41, 5.74) is 1.67. The monoisotopic (exact) mass is 515 g/mol. The predicted molar refractivity (Wildman–Crippen MR) is 143 cm³/mol. The second-order valence-electron chi connectivity index (χ2n) is 9.28. The van der Waals surface area contributed by atoms with Gasteiger partial charge in [-0.05, 0) is 38.8 Å². The van der Waals surface area contributed by atoms with Crippen LogP contribution in [0.25, 0.3) is 11.0 Å². The molecule has 2 aromatic heterocycles. The minimum Gasteiger partial charge on any atom is -0.451 e. The van der Waals surface area contributed by atoms with Crippen LogP contribution >= 0.6 is 11.3 Å². The maximum Gasteiger partial charge on any atom is 0.289 e. The minimum atomic E-state index is -0.586. The first-order valence-electron chi connectivity index (χ1n) is 12.6. The molecule has 0 bridgehead atoms. The lowest BCUT2D eigenvalue weighted by molar-refractivity contribution is 0.0633. The molecule has 0 spiro atoms. The average molecular weight is 516 g/mol. The molecular weight excluding hydrogens is 486 g/mol. The number of nitrogens with zero attached hydrogens (tertiary/aromatic N) is 3. The summed E-state index contributed by atoms with van der Waals surface area (Å²) in [5, 5.41) is 3.60. The van der Waals surface area contributed by atoms with E-state index in [2.05, 4.69) is 4.98 Å². The number of rotatable bonds is 7. The number of benzene rings is 2. The Bertz CT molecular complexity index is 1390. The predicted octanol–water partition coefficient (Wildman–Crippen LogP) is 5.64. The Balaban J connectivity index is 1.22. The van der Waals surface area contributed by atoms with E-state index in [4.69, 9.17) is 4.42 Å². The SMILES string of the molecule is CCN(C(=O)c1csc(C2CCN(C(=O)c3cc4ccccc4o3)CC2)n1)C(C)C(=O)c1ccccc1. The Morgan fingerprint density at radius 1 is 1.08 bits per heavy atom. The van der Waals surface area contributed by atoms with Gasteiger partial charge in [-0.15, -0.1) is 11.3 Å². The van der Waals surface area contributed by atoms with Crippen molar-refractivity contribution in [1.29, 1.82) is 0 Å². The normalized spacial score (nSPS) is 15.0. The first kappa shape index (κ1) is 24.9. The number of carbonyl (C=O) groups excluding carboxylic acids is 3. The van der Waals surface area contributed by atoms with Crippen LogP contribution in [0.5, 0.6) is 0 Å². The zero-order valence-corrected chi connectivity index (χ0v) is 21.7. The van der Waals surface area contributed by atoms with Crippen molar-refractivity contribution in [2.45, 2.75) is 38.6 Å². The third kappa shape index (κ3) is 5.06. The highest BCUT2D eigenvalue weighted by Gasteiger charge is 2.31. The number of aromatic nitrogens is 1. The molecule has 0 radical (unpaired) electrons. The van der Waals surface area contributed by atoms with Crippen LogP contribution in [-0.4, -0.2) is 58.1 Å². The Morgan fingerprint density at radius 2 is 1.78 bits per heavy atom. The van der Waals surface area contributed by atoms with Gasteiger partial charge >= 0.3 is 0 Å². The first-order chi connectivity index (χ1) is 18.0. The number of piperidine rings is 1. The molecule has 1 aliphatic heterocycles. The number of para-hydroxylation sites is 1. The van der Waals surface area contributed by atoms with Gasteiger partial charge in [-0.3, -0.25) is 14.4 Å². The fourth-order valence-corrected chi connectivity index (χ4v) is 5.84. The van der Waals surface area contributed by atoms with E-state index in [1.165, 1.54) is 11.3 Å². The lowest BCUT2D eigenvalue weighted by atomic mass is 9.97. The molecule has 0 aliphatic carbocycles. The number of hydrogen-bond donors (Lipinski definition) is 0. The quantitative estimate of drug-likeness (QED) is 0.297. The van der Waals surface area contributed by atoms with Crippen LogP contribution < -0.4 is 0 Å². The van der Waals surface area contributed by atoms with Crippen LogP contribution in [0, 0.1) is 0 Å². The van der Waals surface area contributed by atoms with Gasteiger partial charge in [0.2, 0.25) is 0 Å². The molecule has 0 saturated carbocycles. The third-order valence-corrected chi connectivity index (χ3v) is 8.02. The number of thiazole rings is 1. The molecule has 2 amide bonds. The number of likely N-dealkylation sites (N-methyl/N-ethyl adjacent to an activating group) is 1. The molecule has 3 heterocycles. The van der Waals surface area contributed by atoms with Crippen LogP contribution in [0.15, 0.2) is 70.5 Å². The molecule has 5 rings (SSSR count). The van der Waals surface area contributed by atoms with Gasteiger partial charge in [0, 0.05) is 41.9 Å². The van der Waals surface area contributed by atoms with Gasteiger partial charge in [0.25, 0.3) is 11.8 Å². The maximum atomic E-state index is 13.3. The third-order valence-electron chi connectivity index (χ3n) is 7.02. The summed E-state index contributed by atoms with van der Waals surface area (Å²) in [7, 11) is 0. The van der Waals surface area contributed by atoms with Gasteiger partial charge in [-0.1, -0.05) is 48.5 Å². The van der Waals surface area contributed by atoms with Gasteiger partial charge in [0.05, 0.1) is 11.0 Å². The van der Waals surface area contributed by atoms with Crippen LogP contribution in [0.2, 0.25) is 0 Å². The molecule has 2 aromatic carbocycles. The maximum absolute atomic E-state index is 13.3. The highest BCUT2D eigenvalue weighted by atomic mass is 32.1. The molecular formula is C29H29N3O4S. The Labute approximate surface area is 219 Å². The zero-order valence-electron chi connectivity index (χ0n) is 20.9. The fourth-order valence-electron chi connectivity index (χ4n) is 4.87. The van der Waals surface area contributed by atoms with Gasteiger partial charge in [0.15, 0.2) is 11.5 Å². The van der Waals surface area contributed by atoms with Crippen molar-refractivity contribution in [1.82, 2.24) is 14.8 Å². The second kappa shape index (κ2) is 10.7. The molecule has 1 fully saturated rings. The number of fused-ring (bicyclic) bond motifs is 1. The highest BCUT2D eigenvalue weighted by molar-refractivity contribution is 7.09. The highest BCUT2D eigenvalue weighted by Crippen LogP contribution is 2.32. The fraction of sp³-hybridized carbons (Fsp3) is 0.310. The van der Waals surface area contributed by atoms with Crippen molar-refractivity contribution in [2.24, 2.45) is 0 Å². The molecule has 1 saturated heterocycles. The van der Waals surface area contributed by atoms with E-state index in [0.717, 1.165) is 23.2 Å². The standard InChI is InChI=1S/C29H29N3O4S/c1-3-32(19(2)26(33)20-9-5-4-6-10-20)28(34)23-18-37-27(30-23)21-13-15-31(16-14-21)29(35)25-17-22-11-7-8-12-24(22)36-25/h4-12,17-19,21H,3,13-16H2,1-2H3. The van der Waals surface area contributed by atoms with Crippen molar-refractivity contribution < 1.29 is 18.8 Å². The molecule has 1 aliphatic rings. The average Bonchev–Trinajstić information content (AvgIpc) is 3.61. The lowest BCUT2D eigenvalue weighted by Gasteiger charge is -2.30. The molecule has 37 heavy (non-hydrogen) atoms. The molecule has 4 aromatic rings. The summed E-state index contributed by atoms with van der Waals surface area (Å²) < 4.78 is 5.75. The number of ketones is 1. The number of likely N-dealkylation sites (tertiary alicyclic amines) is 1. The summed E-state index contributed by atoms with van der Waals surface area (Å²) in [5.74, 6) is 0.123. The van der Waals surface area contributed by atoms with Gasteiger partial charge in [0.1, 0.15) is 11.3 Å². The number of Topliss-reactive ketones (excluding diaryl/α,β-unsaturated/α-hetero) is 1. The van der Waals surface area contributed by atoms with Crippen LogP contribution in [0.4, 0.5) is 0 Å². The summed E-state index contributed by atoms with van der Waals surface area (Å²) >= 11 is 1.47. The summed E-state index contributed by atoms with van der Waals surface area (Å²) in [6.45, 7) is 5.25. The van der Waals surface area contributed by atoms with Gasteiger partial charge < -0.3 is 14.2 Å². The van der Waals surface area contributed by atoms with Gasteiger partial charge in [-0.25, -0.2) is 4.98 Å². The topological polar surface area (TPSA) is 83.7 Å². The summed E-state index contributed by atoms with van der Waals surface area (Å²) in [4.78, 5) is 47.2. The number of carbonyl (C=O) groups is 3. The second-order valence-corrected chi connectivity index (χ2v) is 10.2. The Kier molecular flexibility index (Phi) is 7.19. The zero-order chi connectivity index (χ0) is 25.9. The molecule has 190 valence electrons. The Morgan fingerprint density at radius 3 is 2.49 bits per heavy atom.